The number of hydrogen-bond donors (Lipinski definition) is 2. The molecular formula is C10H20N2O2. The standard InChI is InChI=1S/C8H18.2CHNO/c1-7(2)5-6-8(3)4;2*2-1-3/h7-8H,5-6H2,1-4H3;2*2H. The summed E-state index contributed by atoms with van der Waals surface area (Å²) < 4.78 is 0. The van der Waals surface area contributed by atoms with E-state index in [1.807, 2.05) is 0 Å². The van der Waals surface area contributed by atoms with Gasteiger partial charge in [-0.05, 0) is 11.8 Å². The molecule has 0 rings (SSSR count). The second-order valence-electron chi connectivity index (χ2n) is 3.57. The van der Waals surface area contributed by atoms with Crippen LogP contribution in [0.5, 0.6) is 0 Å². The van der Waals surface area contributed by atoms with Gasteiger partial charge in [0.05, 0.1) is 0 Å². The molecule has 0 saturated carbocycles. The molecule has 0 aromatic rings. The molecule has 0 unspecified atom stereocenters. The molecule has 0 radical (unpaired) electrons. The predicted octanol–water partition coefficient (Wildman–Crippen LogP) is 2.88. The first kappa shape index (κ1) is 18.5. The maximum Gasteiger partial charge on any atom is 0.231 e. The van der Waals surface area contributed by atoms with Gasteiger partial charge in [0.25, 0.3) is 0 Å². The Hall–Kier alpha value is -1.24. The van der Waals surface area contributed by atoms with E-state index in [2.05, 4.69) is 27.7 Å². The van der Waals surface area contributed by atoms with E-state index >= 15 is 0 Å². The third-order valence-corrected chi connectivity index (χ3v) is 1.32. The van der Waals surface area contributed by atoms with Crippen LogP contribution in [0, 0.1) is 22.7 Å². The lowest BCUT2D eigenvalue weighted by atomic mass is 10.0. The minimum atomic E-state index is 0.750. The maximum absolute atomic E-state index is 8.35. The van der Waals surface area contributed by atoms with Gasteiger partial charge in [0.1, 0.15) is 0 Å². The number of rotatable bonds is 3. The number of hydrogen-bond acceptors (Lipinski definition) is 4. The average Bonchev–Trinajstić information content (AvgIpc) is 2.04. The van der Waals surface area contributed by atoms with Gasteiger partial charge in [-0.25, -0.2) is 20.4 Å². The first-order chi connectivity index (χ1) is 6.45. The first-order valence-corrected chi connectivity index (χ1v) is 4.53. The van der Waals surface area contributed by atoms with E-state index in [9.17, 15) is 0 Å². The van der Waals surface area contributed by atoms with Crippen molar-refractivity contribution in [2.24, 2.45) is 11.8 Å². The van der Waals surface area contributed by atoms with Gasteiger partial charge < -0.3 is 0 Å². The summed E-state index contributed by atoms with van der Waals surface area (Å²) in [6, 6.07) is 0. The van der Waals surface area contributed by atoms with Crippen molar-refractivity contribution in [3.05, 3.63) is 0 Å². The maximum atomic E-state index is 8.35. The van der Waals surface area contributed by atoms with Crippen molar-refractivity contribution in [2.75, 3.05) is 0 Å². The van der Waals surface area contributed by atoms with Crippen LogP contribution in [0.4, 0.5) is 0 Å². The molecule has 0 heterocycles. The van der Waals surface area contributed by atoms with E-state index in [0.717, 1.165) is 24.0 Å². The monoisotopic (exact) mass is 200 g/mol. The zero-order valence-corrected chi connectivity index (χ0v) is 9.39. The fourth-order valence-corrected chi connectivity index (χ4v) is 0.667. The first-order valence-electron chi connectivity index (χ1n) is 4.53. The highest BCUT2D eigenvalue weighted by Gasteiger charge is 1.95. The average molecular weight is 200 g/mol. The van der Waals surface area contributed by atoms with Gasteiger partial charge in [0.2, 0.25) is 12.2 Å². The Morgan fingerprint density at radius 1 is 0.857 bits per heavy atom. The Morgan fingerprint density at radius 2 is 1.00 bits per heavy atom. The second kappa shape index (κ2) is 17.7. The Morgan fingerprint density at radius 3 is 1.07 bits per heavy atom. The molecule has 4 heteroatoms. The smallest absolute Gasteiger partial charge is 0.222 e. The van der Waals surface area contributed by atoms with Crippen molar-refractivity contribution >= 4 is 12.2 Å². The van der Waals surface area contributed by atoms with Crippen molar-refractivity contribution < 1.29 is 9.59 Å². The van der Waals surface area contributed by atoms with Crippen LogP contribution in [-0.4, -0.2) is 12.2 Å². The fourth-order valence-electron chi connectivity index (χ4n) is 0.667. The summed E-state index contributed by atoms with van der Waals surface area (Å²) in [6.45, 7) is 9.12. The molecule has 2 N–H and O–H groups in total. The normalized spacial score (nSPS) is 7.57. The molecule has 0 saturated heterocycles. The van der Waals surface area contributed by atoms with E-state index < -0.39 is 0 Å². The molecular weight excluding hydrogens is 180 g/mol. The minimum Gasteiger partial charge on any atom is -0.222 e. The lowest BCUT2D eigenvalue weighted by Gasteiger charge is -2.05. The van der Waals surface area contributed by atoms with Crippen molar-refractivity contribution in [2.45, 2.75) is 40.5 Å². The lowest BCUT2D eigenvalue weighted by molar-refractivity contribution is 0.476. The van der Waals surface area contributed by atoms with Crippen LogP contribution in [0.15, 0.2) is 0 Å². The highest BCUT2D eigenvalue weighted by atomic mass is 16.1. The molecule has 0 aliphatic rings. The molecule has 0 aliphatic heterocycles. The summed E-state index contributed by atoms with van der Waals surface area (Å²) in [4.78, 5) is 16.7. The van der Waals surface area contributed by atoms with Crippen LogP contribution in [0.2, 0.25) is 0 Å². The highest BCUT2D eigenvalue weighted by Crippen LogP contribution is 2.09. The van der Waals surface area contributed by atoms with Gasteiger partial charge in [0.15, 0.2) is 0 Å². The van der Waals surface area contributed by atoms with Crippen LogP contribution < -0.4 is 0 Å². The van der Waals surface area contributed by atoms with Gasteiger partial charge in [0, 0.05) is 0 Å². The Kier molecular flexibility index (Phi) is 23.5. The molecule has 0 atom stereocenters. The number of carbonyl (C=O) groups excluding carboxylic acids is 2. The zero-order chi connectivity index (χ0) is 12.0. The molecule has 0 spiro atoms. The second-order valence-corrected chi connectivity index (χ2v) is 3.57. The summed E-state index contributed by atoms with van der Waals surface area (Å²) >= 11 is 0. The van der Waals surface area contributed by atoms with Crippen LogP contribution in [0.1, 0.15) is 40.5 Å². The molecule has 0 aliphatic carbocycles. The SMILES string of the molecule is CC(C)CCC(C)C.N=C=O.N=C=O. The summed E-state index contributed by atoms with van der Waals surface area (Å²) in [5, 5.41) is 10.8. The molecule has 0 aromatic carbocycles. The topological polar surface area (TPSA) is 81.8 Å². The molecule has 0 bridgehead atoms. The molecule has 82 valence electrons. The molecule has 14 heavy (non-hydrogen) atoms. The fraction of sp³-hybridized carbons (Fsp3) is 0.800. The van der Waals surface area contributed by atoms with Crippen molar-refractivity contribution in [3.63, 3.8) is 0 Å². The van der Waals surface area contributed by atoms with E-state index in [4.69, 9.17) is 20.4 Å². The van der Waals surface area contributed by atoms with E-state index in [1.165, 1.54) is 12.8 Å². The largest absolute Gasteiger partial charge is 0.231 e. The van der Waals surface area contributed by atoms with E-state index in [0.29, 0.717) is 0 Å². The predicted molar refractivity (Wildman–Crippen MR) is 55.7 cm³/mol. The van der Waals surface area contributed by atoms with Crippen molar-refractivity contribution in [1.29, 1.82) is 10.8 Å². The van der Waals surface area contributed by atoms with Crippen molar-refractivity contribution in [1.82, 2.24) is 0 Å². The summed E-state index contributed by atoms with van der Waals surface area (Å²) in [5.74, 6) is 1.77. The van der Waals surface area contributed by atoms with Crippen molar-refractivity contribution in [3.8, 4) is 0 Å². The number of nitrogens with one attached hydrogen (secondary N) is 2. The summed E-state index contributed by atoms with van der Waals surface area (Å²) in [6.07, 6.45) is 4.27. The quantitative estimate of drug-likeness (QED) is 0.542. The van der Waals surface area contributed by atoms with E-state index in [-0.39, 0.29) is 0 Å². The summed E-state index contributed by atoms with van der Waals surface area (Å²) in [5.41, 5.74) is 0. The molecule has 0 aromatic heterocycles. The molecule has 0 amide bonds. The lowest BCUT2D eigenvalue weighted by Crippen LogP contribution is -1.91. The Balaban J connectivity index is -0.000000168. The Bertz CT molecular complexity index is 145. The third-order valence-electron chi connectivity index (χ3n) is 1.32. The number of isocyanates is 2. The van der Waals surface area contributed by atoms with Crippen LogP contribution in [0.3, 0.4) is 0 Å². The molecule has 0 fully saturated rings. The minimum absolute atomic E-state index is 0.750. The zero-order valence-electron chi connectivity index (χ0n) is 9.39. The Labute approximate surface area is 85.7 Å². The van der Waals surface area contributed by atoms with Gasteiger partial charge in [-0.1, -0.05) is 40.5 Å². The van der Waals surface area contributed by atoms with E-state index in [1.54, 1.807) is 0 Å². The summed E-state index contributed by atoms with van der Waals surface area (Å²) in [7, 11) is 0. The molecule has 4 nitrogen and oxygen atoms in total. The van der Waals surface area contributed by atoms with Gasteiger partial charge in [-0.2, -0.15) is 0 Å². The van der Waals surface area contributed by atoms with Gasteiger partial charge in [-0.3, -0.25) is 0 Å². The highest BCUT2D eigenvalue weighted by molar-refractivity contribution is 5.26. The van der Waals surface area contributed by atoms with Crippen LogP contribution >= 0.6 is 0 Å². The van der Waals surface area contributed by atoms with Crippen LogP contribution in [-0.2, 0) is 9.59 Å². The third kappa shape index (κ3) is 72.5. The van der Waals surface area contributed by atoms with Crippen LogP contribution in [0.25, 0.3) is 0 Å². The van der Waals surface area contributed by atoms with Gasteiger partial charge in [-0.15, -0.1) is 0 Å². The van der Waals surface area contributed by atoms with Gasteiger partial charge >= 0.3 is 0 Å².